The summed E-state index contributed by atoms with van der Waals surface area (Å²) in [5.41, 5.74) is 2.97. The number of nitrogens with one attached hydrogen (secondary N) is 2. The monoisotopic (exact) mass is 370 g/mol. The van der Waals surface area contributed by atoms with Crippen molar-refractivity contribution in [3.8, 4) is 0 Å². The molecule has 0 saturated heterocycles. The number of ether oxygens (including phenoxy) is 1. The van der Waals surface area contributed by atoms with Gasteiger partial charge in [0.15, 0.2) is 0 Å². The quantitative estimate of drug-likeness (QED) is 0.680. The van der Waals surface area contributed by atoms with E-state index in [4.69, 9.17) is 4.74 Å². The summed E-state index contributed by atoms with van der Waals surface area (Å²) >= 11 is 0. The van der Waals surface area contributed by atoms with Crippen molar-refractivity contribution in [2.75, 3.05) is 5.32 Å². The third-order valence-corrected chi connectivity index (χ3v) is 4.36. The highest BCUT2D eigenvalue weighted by atomic mass is 16.6. The first-order valence-corrected chi connectivity index (χ1v) is 8.90. The predicted octanol–water partition coefficient (Wildman–Crippen LogP) is 4.07. The van der Waals surface area contributed by atoms with Crippen molar-refractivity contribution in [2.45, 2.75) is 6.23 Å². The zero-order chi connectivity index (χ0) is 19.3. The Kier molecular flexibility index (Phi) is 4.89. The molecule has 5 heteroatoms. The van der Waals surface area contributed by atoms with Gasteiger partial charge in [0.2, 0.25) is 6.23 Å². The van der Waals surface area contributed by atoms with E-state index in [1.165, 1.54) is 0 Å². The van der Waals surface area contributed by atoms with E-state index in [2.05, 4.69) is 10.6 Å². The standard InChI is InChI=1S/C23H18N2O3/c26-21(17-11-5-2-6-12-17)24-20(15-16-9-3-1-4-10-16)22-25-19-14-8-7-13-18(19)23(27)28-22/h1-15,22,25H,(H,24,26). The molecule has 1 unspecified atom stereocenters. The van der Waals surface area contributed by atoms with Gasteiger partial charge in [-0.2, -0.15) is 0 Å². The van der Waals surface area contributed by atoms with Gasteiger partial charge in [-0.25, -0.2) is 4.79 Å². The molecule has 1 aliphatic heterocycles. The van der Waals surface area contributed by atoms with Crippen LogP contribution in [0.3, 0.4) is 0 Å². The third kappa shape index (κ3) is 3.78. The molecule has 2 N–H and O–H groups in total. The van der Waals surface area contributed by atoms with Crippen LogP contribution in [-0.4, -0.2) is 18.1 Å². The molecule has 0 aliphatic carbocycles. The van der Waals surface area contributed by atoms with Crippen molar-refractivity contribution in [3.05, 3.63) is 107 Å². The topological polar surface area (TPSA) is 67.4 Å². The molecule has 0 spiro atoms. The Morgan fingerprint density at radius 1 is 0.893 bits per heavy atom. The van der Waals surface area contributed by atoms with Crippen molar-refractivity contribution < 1.29 is 14.3 Å². The lowest BCUT2D eigenvalue weighted by molar-refractivity contribution is 0.0386. The van der Waals surface area contributed by atoms with Gasteiger partial charge in [-0.3, -0.25) is 4.79 Å². The minimum Gasteiger partial charge on any atom is -0.432 e. The van der Waals surface area contributed by atoms with Crippen LogP contribution in [0.5, 0.6) is 0 Å². The van der Waals surface area contributed by atoms with Gasteiger partial charge in [0.05, 0.1) is 16.9 Å². The summed E-state index contributed by atoms with van der Waals surface area (Å²) in [5, 5.41) is 6.06. The Labute approximate surface area is 162 Å². The number of anilines is 1. The van der Waals surface area contributed by atoms with Gasteiger partial charge in [0.1, 0.15) is 0 Å². The molecule has 3 aromatic carbocycles. The lowest BCUT2D eigenvalue weighted by Crippen LogP contribution is -2.40. The Morgan fingerprint density at radius 3 is 2.29 bits per heavy atom. The molecule has 0 fully saturated rings. The van der Waals surface area contributed by atoms with Crippen LogP contribution >= 0.6 is 0 Å². The molecular formula is C23H18N2O3. The fraction of sp³-hybridized carbons (Fsp3) is 0.0435. The van der Waals surface area contributed by atoms with Crippen molar-refractivity contribution in [1.82, 2.24) is 5.32 Å². The van der Waals surface area contributed by atoms with Crippen LogP contribution in [0.25, 0.3) is 6.08 Å². The number of carbonyl (C=O) groups excluding carboxylic acids is 2. The van der Waals surface area contributed by atoms with E-state index in [9.17, 15) is 9.59 Å². The van der Waals surface area contributed by atoms with E-state index in [0.29, 0.717) is 22.5 Å². The maximum Gasteiger partial charge on any atom is 0.342 e. The molecule has 0 radical (unpaired) electrons. The second-order valence-electron chi connectivity index (χ2n) is 6.31. The molecule has 0 aromatic heterocycles. The van der Waals surface area contributed by atoms with Crippen LogP contribution in [-0.2, 0) is 4.74 Å². The van der Waals surface area contributed by atoms with Crippen LogP contribution in [0.1, 0.15) is 26.3 Å². The Bertz CT molecular complexity index is 1030. The summed E-state index contributed by atoms with van der Waals surface area (Å²) in [6.07, 6.45) is 0.981. The summed E-state index contributed by atoms with van der Waals surface area (Å²) in [5.74, 6) is -0.716. The molecular weight excluding hydrogens is 352 g/mol. The summed E-state index contributed by atoms with van der Waals surface area (Å²) in [6.45, 7) is 0. The van der Waals surface area contributed by atoms with E-state index in [1.54, 1.807) is 42.5 Å². The second kappa shape index (κ2) is 7.80. The molecule has 1 amide bonds. The van der Waals surface area contributed by atoms with E-state index >= 15 is 0 Å². The number of para-hydroxylation sites is 1. The number of fused-ring (bicyclic) bond motifs is 1. The minimum atomic E-state index is -0.810. The smallest absolute Gasteiger partial charge is 0.342 e. The Hall–Kier alpha value is -3.86. The van der Waals surface area contributed by atoms with Crippen LogP contribution in [0.4, 0.5) is 5.69 Å². The molecule has 3 aromatic rings. The lowest BCUT2D eigenvalue weighted by Gasteiger charge is -2.28. The minimum absolute atomic E-state index is 0.278. The van der Waals surface area contributed by atoms with E-state index in [-0.39, 0.29) is 5.91 Å². The normalized spacial score (nSPS) is 15.8. The maximum atomic E-state index is 12.7. The van der Waals surface area contributed by atoms with Gasteiger partial charge in [0.25, 0.3) is 5.91 Å². The van der Waals surface area contributed by atoms with Gasteiger partial charge in [0, 0.05) is 5.56 Å². The van der Waals surface area contributed by atoms with Gasteiger partial charge >= 0.3 is 5.97 Å². The largest absolute Gasteiger partial charge is 0.432 e. The zero-order valence-corrected chi connectivity index (χ0v) is 15.0. The lowest BCUT2D eigenvalue weighted by atomic mass is 10.1. The molecule has 28 heavy (non-hydrogen) atoms. The molecule has 5 nitrogen and oxygen atoms in total. The van der Waals surface area contributed by atoms with Gasteiger partial charge in [-0.1, -0.05) is 60.7 Å². The number of esters is 1. The number of hydrogen-bond donors (Lipinski definition) is 2. The van der Waals surface area contributed by atoms with Crippen molar-refractivity contribution in [1.29, 1.82) is 0 Å². The first-order chi connectivity index (χ1) is 13.7. The van der Waals surface area contributed by atoms with E-state index < -0.39 is 12.2 Å². The summed E-state index contributed by atoms with van der Waals surface area (Å²) in [7, 11) is 0. The number of hydrogen-bond acceptors (Lipinski definition) is 4. The molecule has 138 valence electrons. The predicted molar refractivity (Wildman–Crippen MR) is 108 cm³/mol. The number of rotatable bonds is 4. The SMILES string of the molecule is O=C(NC(=Cc1ccccc1)C1Nc2ccccc2C(=O)O1)c1ccccc1. The first kappa shape index (κ1) is 17.5. The van der Waals surface area contributed by atoms with Crippen LogP contribution < -0.4 is 10.6 Å². The van der Waals surface area contributed by atoms with Crippen LogP contribution in [0.2, 0.25) is 0 Å². The van der Waals surface area contributed by atoms with Gasteiger partial charge in [-0.15, -0.1) is 0 Å². The van der Waals surface area contributed by atoms with Crippen molar-refractivity contribution >= 4 is 23.6 Å². The van der Waals surface area contributed by atoms with Crippen LogP contribution in [0, 0.1) is 0 Å². The van der Waals surface area contributed by atoms with Gasteiger partial charge < -0.3 is 15.4 Å². The fourth-order valence-corrected chi connectivity index (χ4v) is 2.97. The van der Waals surface area contributed by atoms with E-state index in [0.717, 1.165) is 5.56 Å². The molecule has 0 saturated carbocycles. The van der Waals surface area contributed by atoms with Crippen molar-refractivity contribution in [2.24, 2.45) is 0 Å². The highest BCUT2D eigenvalue weighted by molar-refractivity contribution is 5.99. The molecule has 1 aliphatic rings. The average molecular weight is 370 g/mol. The molecule has 1 atom stereocenters. The molecule has 1 heterocycles. The number of benzene rings is 3. The average Bonchev–Trinajstić information content (AvgIpc) is 2.74. The molecule has 4 rings (SSSR count). The fourth-order valence-electron chi connectivity index (χ4n) is 2.97. The molecule has 0 bridgehead atoms. The highest BCUT2D eigenvalue weighted by Crippen LogP contribution is 2.26. The van der Waals surface area contributed by atoms with Crippen LogP contribution in [0.15, 0.2) is 90.6 Å². The number of amides is 1. The Morgan fingerprint density at radius 2 is 1.54 bits per heavy atom. The first-order valence-electron chi connectivity index (χ1n) is 8.90. The third-order valence-electron chi connectivity index (χ3n) is 4.36. The Balaban J connectivity index is 1.67. The summed E-state index contributed by atoms with van der Waals surface area (Å²) < 4.78 is 5.55. The highest BCUT2D eigenvalue weighted by Gasteiger charge is 2.29. The second-order valence-corrected chi connectivity index (χ2v) is 6.31. The summed E-state index contributed by atoms with van der Waals surface area (Å²) in [6, 6.07) is 25.5. The zero-order valence-electron chi connectivity index (χ0n) is 15.0. The number of carbonyl (C=O) groups is 2. The summed E-state index contributed by atoms with van der Waals surface area (Å²) in [4.78, 5) is 25.1. The number of cyclic esters (lactones) is 1. The van der Waals surface area contributed by atoms with Crippen molar-refractivity contribution in [3.63, 3.8) is 0 Å². The van der Waals surface area contributed by atoms with Gasteiger partial charge in [-0.05, 0) is 35.9 Å². The maximum absolute atomic E-state index is 12.7. The van der Waals surface area contributed by atoms with E-state index in [1.807, 2.05) is 48.5 Å².